The van der Waals surface area contributed by atoms with Crippen molar-refractivity contribution in [1.82, 2.24) is 4.90 Å². The molecule has 110 valence electrons. The average molecular weight is 297 g/mol. The van der Waals surface area contributed by atoms with Crippen molar-refractivity contribution in [2.75, 3.05) is 37.6 Å². The summed E-state index contributed by atoms with van der Waals surface area (Å²) in [5.41, 5.74) is 1.16. The van der Waals surface area contributed by atoms with Gasteiger partial charge in [-0.2, -0.15) is 0 Å². The Bertz CT molecular complexity index is 483. The average Bonchev–Trinajstić information content (AvgIpc) is 2.38. The van der Waals surface area contributed by atoms with Gasteiger partial charge < -0.3 is 10.0 Å². The molecule has 1 aliphatic rings. The fourth-order valence-corrected chi connectivity index (χ4v) is 2.83. The summed E-state index contributed by atoms with van der Waals surface area (Å²) in [5, 5.41) is 9.29. The summed E-state index contributed by atoms with van der Waals surface area (Å²) in [6, 6.07) is 5.18. The summed E-state index contributed by atoms with van der Waals surface area (Å²) in [5.74, 6) is -0.297. The highest BCUT2D eigenvalue weighted by atomic mass is 35.5. The van der Waals surface area contributed by atoms with Crippen molar-refractivity contribution < 1.29 is 9.90 Å². The molecule has 5 heteroatoms. The molecule has 1 aromatic rings. The Balaban J connectivity index is 2.00. The van der Waals surface area contributed by atoms with Crippen molar-refractivity contribution in [2.24, 2.45) is 5.92 Å². The van der Waals surface area contributed by atoms with Gasteiger partial charge in [0.1, 0.15) is 0 Å². The van der Waals surface area contributed by atoms with Crippen LogP contribution < -0.4 is 4.90 Å². The van der Waals surface area contributed by atoms with Crippen LogP contribution in [0.4, 0.5) is 5.69 Å². The monoisotopic (exact) mass is 296 g/mol. The van der Waals surface area contributed by atoms with Gasteiger partial charge in [-0.3, -0.25) is 4.90 Å². The zero-order valence-corrected chi connectivity index (χ0v) is 12.7. The lowest BCUT2D eigenvalue weighted by Gasteiger charge is -2.37. The van der Waals surface area contributed by atoms with E-state index in [0.717, 1.165) is 38.4 Å². The van der Waals surface area contributed by atoms with Crippen LogP contribution in [0.25, 0.3) is 0 Å². The van der Waals surface area contributed by atoms with Gasteiger partial charge in [0.25, 0.3) is 0 Å². The summed E-state index contributed by atoms with van der Waals surface area (Å²) >= 11 is 6.02. The number of aromatic carboxylic acids is 1. The highest BCUT2D eigenvalue weighted by molar-refractivity contribution is 6.33. The van der Waals surface area contributed by atoms with E-state index in [9.17, 15) is 4.79 Å². The summed E-state index contributed by atoms with van der Waals surface area (Å²) in [4.78, 5) is 15.7. The molecule has 1 fully saturated rings. The van der Waals surface area contributed by atoms with Crippen LogP contribution in [0, 0.1) is 5.92 Å². The zero-order chi connectivity index (χ0) is 14.7. The van der Waals surface area contributed by atoms with E-state index in [1.807, 2.05) is 6.07 Å². The standard InChI is InChI=1S/C15H21ClN2O2/c1-11(2)10-17-5-7-18(8-6-17)12-3-4-13(15(19)20)14(16)9-12/h3-4,9,11H,5-8,10H2,1-2H3,(H,19,20). The van der Waals surface area contributed by atoms with Gasteiger partial charge in [-0.25, -0.2) is 4.79 Å². The van der Waals surface area contributed by atoms with Gasteiger partial charge in [0.15, 0.2) is 0 Å². The fraction of sp³-hybridized carbons (Fsp3) is 0.533. The lowest BCUT2D eigenvalue weighted by Crippen LogP contribution is -2.47. The van der Waals surface area contributed by atoms with Gasteiger partial charge in [-0.1, -0.05) is 25.4 Å². The first-order chi connectivity index (χ1) is 9.47. The number of nitrogens with zero attached hydrogens (tertiary/aromatic N) is 2. The second-order valence-electron chi connectivity index (χ2n) is 5.65. The van der Waals surface area contributed by atoms with E-state index in [-0.39, 0.29) is 5.56 Å². The van der Waals surface area contributed by atoms with Crippen molar-refractivity contribution in [1.29, 1.82) is 0 Å². The van der Waals surface area contributed by atoms with Gasteiger partial charge in [0, 0.05) is 38.4 Å². The number of piperazine rings is 1. The molecule has 1 aromatic carbocycles. The van der Waals surface area contributed by atoms with E-state index < -0.39 is 5.97 Å². The van der Waals surface area contributed by atoms with Crippen LogP contribution in [-0.4, -0.2) is 48.7 Å². The second-order valence-corrected chi connectivity index (χ2v) is 6.06. The fourth-order valence-electron chi connectivity index (χ4n) is 2.58. The van der Waals surface area contributed by atoms with Gasteiger partial charge in [0.2, 0.25) is 0 Å². The molecule has 0 amide bonds. The van der Waals surface area contributed by atoms with E-state index in [2.05, 4.69) is 23.6 Å². The van der Waals surface area contributed by atoms with E-state index in [0.29, 0.717) is 10.9 Å². The lowest BCUT2D eigenvalue weighted by molar-refractivity contribution is 0.0697. The number of rotatable bonds is 4. The predicted molar refractivity (Wildman–Crippen MR) is 81.9 cm³/mol. The number of carboxylic acid groups (broad SMARTS) is 1. The third kappa shape index (κ3) is 3.64. The molecule has 0 aliphatic carbocycles. The maximum absolute atomic E-state index is 11.0. The molecule has 0 aromatic heterocycles. The molecule has 1 saturated heterocycles. The minimum atomic E-state index is -0.983. The second kappa shape index (κ2) is 6.46. The highest BCUT2D eigenvalue weighted by Crippen LogP contribution is 2.24. The van der Waals surface area contributed by atoms with Crippen LogP contribution in [0.3, 0.4) is 0 Å². The topological polar surface area (TPSA) is 43.8 Å². The molecule has 2 rings (SSSR count). The van der Waals surface area contributed by atoms with Gasteiger partial charge in [0.05, 0.1) is 10.6 Å². The molecule has 1 N–H and O–H groups in total. The number of carbonyl (C=O) groups is 1. The molecule has 0 unspecified atom stereocenters. The third-order valence-corrected chi connectivity index (χ3v) is 3.86. The van der Waals surface area contributed by atoms with Crippen LogP contribution in [0.2, 0.25) is 5.02 Å². The lowest BCUT2D eigenvalue weighted by atomic mass is 10.1. The molecule has 0 radical (unpaired) electrons. The number of halogens is 1. The Kier molecular flexibility index (Phi) is 4.89. The van der Waals surface area contributed by atoms with Crippen molar-refractivity contribution in [3.63, 3.8) is 0 Å². The van der Waals surface area contributed by atoms with Crippen LogP contribution in [-0.2, 0) is 0 Å². The SMILES string of the molecule is CC(C)CN1CCN(c2ccc(C(=O)O)c(Cl)c2)CC1. The summed E-state index contributed by atoms with van der Waals surface area (Å²) in [6.07, 6.45) is 0. The number of hydrogen-bond donors (Lipinski definition) is 1. The highest BCUT2D eigenvalue weighted by Gasteiger charge is 2.19. The van der Waals surface area contributed by atoms with Gasteiger partial charge in [-0.05, 0) is 24.1 Å². The summed E-state index contributed by atoms with van der Waals surface area (Å²) in [7, 11) is 0. The quantitative estimate of drug-likeness (QED) is 0.928. The number of hydrogen-bond acceptors (Lipinski definition) is 3. The maximum atomic E-state index is 11.0. The first kappa shape index (κ1) is 15.1. The van der Waals surface area contributed by atoms with Crippen molar-refractivity contribution >= 4 is 23.3 Å². The Morgan fingerprint density at radius 1 is 1.30 bits per heavy atom. The number of benzene rings is 1. The van der Waals surface area contributed by atoms with Crippen LogP contribution in [0.1, 0.15) is 24.2 Å². The Hall–Kier alpha value is -1.26. The minimum absolute atomic E-state index is 0.161. The maximum Gasteiger partial charge on any atom is 0.337 e. The Morgan fingerprint density at radius 3 is 2.45 bits per heavy atom. The molecule has 0 saturated carbocycles. The van der Waals surface area contributed by atoms with Crippen molar-refractivity contribution in [3.05, 3.63) is 28.8 Å². The molecular formula is C15H21ClN2O2. The molecule has 4 nitrogen and oxygen atoms in total. The summed E-state index contributed by atoms with van der Waals surface area (Å²) < 4.78 is 0. The minimum Gasteiger partial charge on any atom is -0.478 e. The van der Waals surface area contributed by atoms with E-state index in [1.165, 1.54) is 0 Å². The largest absolute Gasteiger partial charge is 0.478 e. The number of carboxylic acids is 1. The molecule has 1 heterocycles. The van der Waals surface area contributed by atoms with Gasteiger partial charge >= 0.3 is 5.97 Å². The van der Waals surface area contributed by atoms with Crippen LogP contribution >= 0.6 is 11.6 Å². The normalized spacial score (nSPS) is 16.7. The molecule has 20 heavy (non-hydrogen) atoms. The van der Waals surface area contributed by atoms with E-state index in [4.69, 9.17) is 16.7 Å². The molecule has 1 aliphatic heterocycles. The summed E-state index contributed by atoms with van der Waals surface area (Å²) in [6.45, 7) is 9.58. The molecular weight excluding hydrogens is 276 g/mol. The predicted octanol–water partition coefficient (Wildman–Crippen LogP) is 2.82. The first-order valence-corrected chi connectivity index (χ1v) is 7.35. The zero-order valence-electron chi connectivity index (χ0n) is 12.0. The smallest absolute Gasteiger partial charge is 0.337 e. The Morgan fingerprint density at radius 2 is 1.95 bits per heavy atom. The van der Waals surface area contributed by atoms with Crippen LogP contribution in [0.5, 0.6) is 0 Å². The van der Waals surface area contributed by atoms with Crippen molar-refractivity contribution in [3.8, 4) is 0 Å². The van der Waals surface area contributed by atoms with E-state index >= 15 is 0 Å². The Labute approximate surface area is 124 Å². The number of anilines is 1. The third-order valence-electron chi connectivity index (χ3n) is 3.54. The first-order valence-electron chi connectivity index (χ1n) is 6.97. The van der Waals surface area contributed by atoms with Gasteiger partial charge in [-0.15, -0.1) is 0 Å². The van der Waals surface area contributed by atoms with Crippen LogP contribution in [0.15, 0.2) is 18.2 Å². The molecule has 0 bridgehead atoms. The molecule has 0 spiro atoms. The van der Waals surface area contributed by atoms with E-state index in [1.54, 1.807) is 12.1 Å². The van der Waals surface area contributed by atoms with Crippen molar-refractivity contribution in [2.45, 2.75) is 13.8 Å². The molecule has 0 atom stereocenters.